The molecule has 0 atom stereocenters. The number of hydrogen-bond acceptors (Lipinski definition) is 6. The van der Waals surface area contributed by atoms with Gasteiger partial charge in [-0.3, -0.25) is 9.78 Å². The smallest absolute Gasteiger partial charge is 0.392 e. The van der Waals surface area contributed by atoms with Crippen molar-refractivity contribution < 1.29 is 8.81 Å². The Balaban J connectivity index is 1.68. The van der Waals surface area contributed by atoms with Gasteiger partial charge in [-0.05, 0) is 30.5 Å². The van der Waals surface area contributed by atoms with Crippen LogP contribution >= 0.6 is 23.2 Å². The van der Waals surface area contributed by atoms with Crippen LogP contribution in [-0.4, -0.2) is 24.5 Å². The maximum atomic E-state index is 12.9. The van der Waals surface area contributed by atoms with Crippen LogP contribution in [0.2, 0.25) is 10.0 Å². The van der Waals surface area contributed by atoms with Gasteiger partial charge in [0.1, 0.15) is 6.67 Å². The third kappa shape index (κ3) is 3.84. The Bertz CT molecular complexity index is 1250. The highest BCUT2D eigenvalue weighted by molar-refractivity contribution is 6.36. The van der Waals surface area contributed by atoms with E-state index in [4.69, 9.17) is 27.6 Å². The van der Waals surface area contributed by atoms with Crippen molar-refractivity contribution in [1.29, 1.82) is 0 Å². The molecule has 158 valence electrons. The van der Waals surface area contributed by atoms with E-state index < -0.39 is 29.4 Å². The number of rotatable bonds is 5. The van der Waals surface area contributed by atoms with Crippen molar-refractivity contribution in [1.82, 2.24) is 24.5 Å². The van der Waals surface area contributed by atoms with Crippen LogP contribution in [0.5, 0.6) is 0 Å². The van der Waals surface area contributed by atoms with E-state index >= 15 is 0 Å². The summed E-state index contributed by atoms with van der Waals surface area (Å²) in [6.45, 7) is -1.14. The molecule has 0 spiro atoms. The molecule has 2 heterocycles. The second kappa shape index (κ2) is 8.19. The van der Waals surface area contributed by atoms with Crippen LogP contribution in [0, 0.1) is 0 Å². The number of halogens is 3. The van der Waals surface area contributed by atoms with Crippen molar-refractivity contribution in [3.05, 3.63) is 70.7 Å². The first-order valence-electron chi connectivity index (χ1n) is 9.22. The minimum Gasteiger partial charge on any atom is -0.392 e. The highest BCUT2D eigenvalue weighted by atomic mass is 35.5. The van der Waals surface area contributed by atoms with Crippen molar-refractivity contribution in [2.45, 2.75) is 44.8 Å². The van der Waals surface area contributed by atoms with Crippen molar-refractivity contribution in [2.24, 2.45) is 0 Å². The predicted octanol–water partition coefficient (Wildman–Crippen LogP) is 2.55. The van der Waals surface area contributed by atoms with Crippen LogP contribution in [0.3, 0.4) is 0 Å². The van der Waals surface area contributed by atoms with Gasteiger partial charge in [-0.2, -0.15) is 14.5 Å². The van der Waals surface area contributed by atoms with E-state index in [1.54, 1.807) is 0 Å². The van der Waals surface area contributed by atoms with Gasteiger partial charge in [-0.1, -0.05) is 36.0 Å². The lowest BCUT2D eigenvalue weighted by atomic mass is 10.1. The molecule has 2 aromatic heterocycles. The third-order valence-corrected chi connectivity index (χ3v) is 5.68. The molecule has 30 heavy (non-hydrogen) atoms. The molecule has 3 aromatic rings. The Kier molecular flexibility index (Phi) is 5.61. The van der Waals surface area contributed by atoms with Crippen LogP contribution in [0.25, 0.3) is 5.69 Å². The van der Waals surface area contributed by atoms with Crippen molar-refractivity contribution in [3.8, 4) is 5.69 Å². The van der Waals surface area contributed by atoms with Gasteiger partial charge in [0.25, 0.3) is 5.56 Å². The van der Waals surface area contributed by atoms with Gasteiger partial charge in [-0.25, -0.2) is 14.0 Å². The zero-order valence-electron chi connectivity index (χ0n) is 15.5. The molecule has 1 N–H and O–H groups in total. The zero-order chi connectivity index (χ0) is 21.4. The Labute approximate surface area is 178 Å². The second-order valence-electron chi connectivity index (χ2n) is 6.96. The van der Waals surface area contributed by atoms with Crippen LogP contribution in [-0.2, 0) is 13.1 Å². The molecule has 1 saturated carbocycles. The summed E-state index contributed by atoms with van der Waals surface area (Å²) in [5.74, 6) is -0.356. The van der Waals surface area contributed by atoms with Gasteiger partial charge in [-0.15, -0.1) is 5.10 Å². The number of nitrogens with zero attached hydrogens (tertiary/aromatic N) is 4. The van der Waals surface area contributed by atoms with Crippen LogP contribution in [0.15, 0.2) is 30.9 Å². The Morgan fingerprint density at radius 1 is 1.13 bits per heavy atom. The molecule has 0 unspecified atom stereocenters. The average molecular weight is 456 g/mol. The van der Waals surface area contributed by atoms with E-state index in [0.29, 0.717) is 5.56 Å². The Hall–Kier alpha value is -2.72. The standard InChI is InChI=1S/C18H16Cl2FN5O4/c19-12-5-10(25-17(28)22-16(27)14(8-21)23-25)6-13(20)11(12)7-15-24-26(18(29)30-15)9-3-1-2-4-9/h5-6,9H,1-4,7-8H2,(H,22,27,28). The first-order chi connectivity index (χ1) is 14.4. The molecule has 1 aliphatic rings. The zero-order valence-corrected chi connectivity index (χ0v) is 17.0. The highest BCUT2D eigenvalue weighted by Crippen LogP contribution is 2.31. The van der Waals surface area contributed by atoms with Crippen molar-refractivity contribution >= 4 is 23.2 Å². The van der Waals surface area contributed by atoms with Gasteiger partial charge in [0.2, 0.25) is 5.89 Å². The maximum absolute atomic E-state index is 12.9. The summed E-state index contributed by atoms with van der Waals surface area (Å²) in [4.78, 5) is 37.6. The minimum absolute atomic E-state index is 0.0335. The molecule has 12 heteroatoms. The number of nitrogens with one attached hydrogen (secondary N) is 1. The summed E-state index contributed by atoms with van der Waals surface area (Å²) in [6, 6.07) is 2.82. The second-order valence-corrected chi connectivity index (χ2v) is 7.78. The molecule has 0 amide bonds. The fourth-order valence-corrected chi connectivity index (χ4v) is 4.12. The summed E-state index contributed by atoms with van der Waals surface area (Å²) in [6.07, 6.45) is 3.91. The molecule has 9 nitrogen and oxygen atoms in total. The van der Waals surface area contributed by atoms with E-state index in [0.717, 1.165) is 30.4 Å². The van der Waals surface area contributed by atoms with Crippen LogP contribution in [0.4, 0.5) is 4.39 Å². The number of alkyl halides is 1. The van der Waals surface area contributed by atoms with Crippen LogP contribution < -0.4 is 17.0 Å². The first-order valence-corrected chi connectivity index (χ1v) is 9.98. The lowest BCUT2D eigenvalue weighted by molar-refractivity contribution is 0.407. The van der Waals surface area contributed by atoms with E-state index in [2.05, 4.69) is 10.2 Å². The van der Waals surface area contributed by atoms with E-state index in [1.165, 1.54) is 16.8 Å². The lowest BCUT2D eigenvalue weighted by Gasteiger charge is -2.10. The first kappa shape index (κ1) is 20.5. The summed E-state index contributed by atoms with van der Waals surface area (Å²) >= 11 is 12.7. The van der Waals surface area contributed by atoms with Crippen molar-refractivity contribution in [3.63, 3.8) is 0 Å². The molecular weight excluding hydrogens is 440 g/mol. The summed E-state index contributed by atoms with van der Waals surface area (Å²) in [7, 11) is 0. The van der Waals surface area contributed by atoms with E-state index in [1.807, 2.05) is 4.98 Å². The summed E-state index contributed by atoms with van der Waals surface area (Å²) in [5.41, 5.74) is -1.64. The average Bonchev–Trinajstić information content (AvgIpc) is 3.34. The number of aromatic amines is 1. The van der Waals surface area contributed by atoms with Gasteiger partial charge >= 0.3 is 11.4 Å². The normalized spacial score (nSPS) is 14.5. The fourth-order valence-electron chi connectivity index (χ4n) is 3.51. The van der Waals surface area contributed by atoms with Crippen LogP contribution in [0.1, 0.15) is 48.9 Å². The summed E-state index contributed by atoms with van der Waals surface area (Å²) < 4.78 is 20.3. The monoisotopic (exact) mass is 455 g/mol. The molecule has 1 aliphatic carbocycles. The molecule has 0 aliphatic heterocycles. The summed E-state index contributed by atoms with van der Waals surface area (Å²) in [5, 5.41) is 8.30. The van der Waals surface area contributed by atoms with Crippen molar-refractivity contribution in [2.75, 3.05) is 0 Å². The fraction of sp³-hybridized carbons (Fsp3) is 0.389. The Morgan fingerprint density at radius 2 is 1.80 bits per heavy atom. The molecule has 0 radical (unpaired) electrons. The van der Waals surface area contributed by atoms with Gasteiger partial charge in [0.05, 0.1) is 18.2 Å². The van der Waals surface area contributed by atoms with Gasteiger partial charge < -0.3 is 4.42 Å². The molecular formula is C18H16Cl2FN5O4. The SMILES string of the molecule is O=c1[nH]c(=O)n(-c2cc(Cl)c(Cc3nn(C4CCCC4)c(=O)o3)c(Cl)c2)nc1CF. The highest BCUT2D eigenvalue weighted by Gasteiger charge is 2.23. The largest absolute Gasteiger partial charge is 0.437 e. The number of hydrogen-bond donors (Lipinski definition) is 1. The molecule has 4 rings (SSSR count). The van der Waals surface area contributed by atoms with Gasteiger partial charge in [0, 0.05) is 10.0 Å². The minimum atomic E-state index is -1.14. The number of benzene rings is 1. The molecule has 1 aromatic carbocycles. The quantitative estimate of drug-likeness (QED) is 0.631. The number of H-pyrrole nitrogens is 1. The third-order valence-electron chi connectivity index (χ3n) is 5.00. The molecule has 0 bridgehead atoms. The molecule has 0 saturated heterocycles. The molecule has 1 fully saturated rings. The van der Waals surface area contributed by atoms with E-state index in [-0.39, 0.29) is 34.1 Å². The topological polar surface area (TPSA) is 116 Å². The van der Waals surface area contributed by atoms with E-state index in [9.17, 15) is 18.8 Å². The number of aromatic nitrogens is 5. The maximum Gasteiger partial charge on any atom is 0.437 e. The lowest BCUT2D eigenvalue weighted by Crippen LogP contribution is -2.33. The Morgan fingerprint density at radius 3 is 2.43 bits per heavy atom. The van der Waals surface area contributed by atoms with Gasteiger partial charge in [0.15, 0.2) is 5.69 Å². The predicted molar refractivity (Wildman–Crippen MR) is 106 cm³/mol.